The zero-order chi connectivity index (χ0) is 53.7. The third-order valence-corrected chi connectivity index (χ3v) is 14.4. The summed E-state index contributed by atoms with van der Waals surface area (Å²) in [7, 11) is 0. The summed E-state index contributed by atoms with van der Waals surface area (Å²) in [5.74, 6) is -0.377. The smallest absolute Gasteiger partial charge is 0.306 e. The number of allylic oxidation sites excluding steroid dienone is 6. The summed E-state index contributed by atoms with van der Waals surface area (Å²) in [6, 6.07) is 0. The summed E-state index contributed by atoms with van der Waals surface area (Å²) in [4.78, 5) is 13.1. The summed E-state index contributed by atoms with van der Waals surface area (Å²) in [5, 5.41) is 72.3. The maximum atomic E-state index is 13.1. The molecule has 0 spiro atoms. The van der Waals surface area contributed by atoms with Crippen LogP contribution in [0.1, 0.15) is 239 Å². The normalized spacial score (nSPS) is 25.0. The molecule has 0 saturated carbocycles. The van der Waals surface area contributed by atoms with E-state index in [2.05, 4.69) is 50.3 Å². The van der Waals surface area contributed by atoms with Gasteiger partial charge in [0, 0.05) is 13.0 Å². The average molecular weight is 1060 g/mol. The number of esters is 1. The van der Waals surface area contributed by atoms with Crippen molar-refractivity contribution in [2.24, 2.45) is 0 Å². The Morgan fingerprint density at radius 3 is 1.35 bits per heavy atom. The molecule has 7 N–H and O–H groups in total. The molecule has 14 nitrogen and oxygen atoms in total. The SMILES string of the molecule is CCCC/C=C\C/C=C\CCCCCCCCOCC(COC1OC(COC2OC(CO)C(O)C(O)C2O)C(O)C(O)C1O)OC(=O)CCCCCCCCCCCCCCC/C=C\CCCCCCCCCC. The second kappa shape index (κ2) is 47.2. The summed E-state index contributed by atoms with van der Waals surface area (Å²) < 4.78 is 34.4. The first-order valence-electron chi connectivity index (χ1n) is 30.1. The zero-order valence-corrected chi connectivity index (χ0v) is 46.6. The largest absolute Gasteiger partial charge is 0.457 e. The van der Waals surface area contributed by atoms with Gasteiger partial charge in [-0.3, -0.25) is 4.79 Å². The van der Waals surface area contributed by atoms with Gasteiger partial charge in [-0.2, -0.15) is 0 Å². The van der Waals surface area contributed by atoms with Crippen LogP contribution in [0, 0.1) is 0 Å². The van der Waals surface area contributed by atoms with Gasteiger partial charge in [0.15, 0.2) is 12.6 Å². The van der Waals surface area contributed by atoms with Gasteiger partial charge in [0.25, 0.3) is 0 Å². The van der Waals surface area contributed by atoms with Crippen LogP contribution in [0.2, 0.25) is 0 Å². The third-order valence-electron chi connectivity index (χ3n) is 14.4. The lowest BCUT2D eigenvalue weighted by molar-refractivity contribution is -0.332. The number of ether oxygens (including phenoxy) is 6. The number of carbonyl (C=O) groups is 1. The number of hydrogen-bond donors (Lipinski definition) is 7. The minimum atomic E-state index is -1.71. The molecule has 0 radical (unpaired) electrons. The highest BCUT2D eigenvalue weighted by molar-refractivity contribution is 5.69. The van der Waals surface area contributed by atoms with E-state index in [-0.39, 0.29) is 25.6 Å². The van der Waals surface area contributed by atoms with Crippen LogP contribution in [-0.4, -0.2) is 142 Å². The Kier molecular flexibility index (Phi) is 43.6. The molecule has 0 aromatic carbocycles. The van der Waals surface area contributed by atoms with Crippen molar-refractivity contribution >= 4 is 5.97 Å². The van der Waals surface area contributed by atoms with Gasteiger partial charge in [-0.15, -0.1) is 0 Å². The molecule has 2 heterocycles. The highest BCUT2D eigenvalue weighted by Gasteiger charge is 2.47. The summed E-state index contributed by atoms with van der Waals surface area (Å²) in [6.45, 7) is 3.66. The van der Waals surface area contributed by atoms with E-state index in [0.29, 0.717) is 13.0 Å². The molecule has 0 aromatic rings. The highest BCUT2D eigenvalue weighted by Crippen LogP contribution is 2.27. The Labute approximate surface area is 449 Å². The predicted octanol–water partition coefficient (Wildman–Crippen LogP) is 10.9. The molecule has 74 heavy (non-hydrogen) atoms. The van der Waals surface area contributed by atoms with Gasteiger partial charge in [0.1, 0.15) is 54.9 Å². The van der Waals surface area contributed by atoms with Gasteiger partial charge in [0.2, 0.25) is 0 Å². The first-order chi connectivity index (χ1) is 36.1. The number of carbonyl (C=O) groups excluding carboxylic acids is 1. The fraction of sp³-hybridized carbons (Fsp3) is 0.883. The molecule has 434 valence electrons. The first kappa shape index (κ1) is 68.3. The Bertz CT molecular complexity index is 1360. The molecule has 2 aliphatic rings. The van der Waals surface area contributed by atoms with Crippen molar-refractivity contribution in [3.8, 4) is 0 Å². The molecule has 0 bridgehead atoms. The van der Waals surface area contributed by atoms with E-state index in [1.54, 1.807) is 0 Å². The zero-order valence-electron chi connectivity index (χ0n) is 46.6. The standard InChI is InChI=1S/C60H110O14/c1-3-5-7-9-11-13-15-17-19-20-21-22-23-24-25-26-27-28-29-31-33-35-37-39-41-43-52(62)72-49(46-69-44-42-40-38-36-34-32-30-18-16-14-12-10-8-6-4-2)47-70-59-58(68)56(66)54(64)51(74-59)48-71-60-57(67)55(65)53(63)50(45-61)73-60/h10,12,16,18,20-21,49-51,53-61,63-68H,3-9,11,13-15,17,19,22-48H2,1-2H3/b12-10-,18-16-,21-20-. The van der Waals surface area contributed by atoms with Gasteiger partial charge in [-0.25, -0.2) is 0 Å². The molecule has 11 unspecified atom stereocenters. The van der Waals surface area contributed by atoms with Crippen molar-refractivity contribution in [1.29, 1.82) is 0 Å². The van der Waals surface area contributed by atoms with E-state index in [0.717, 1.165) is 64.2 Å². The monoisotopic (exact) mass is 1050 g/mol. The Hall–Kier alpha value is -1.79. The van der Waals surface area contributed by atoms with Crippen LogP contribution in [0.5, 0.6) is 0 Å². The maximum absolute atomic E-state index is 13.1. The molecule has 11 atom stereocenters. The number of rotatable bonds is 49. The van der Waals surface area contributed by atoms with Crippen LogP contribution in [0.25, 0.3) is 0 Å². The van der Waals surface area contributed by atoms with Crippen LogP contribution in [0.3, 0.4) is 0 Å². The minimum Gasteiger partial charge on any atom is -0.457 e. The lowest BCUT2D eigenvalue weighted by atomic mass is 9.98. The number of aliphatic hydroxyl groups excluding tert-OH is 7. The van der Waals surface area contributed by atoms with Gasteiger partial charge < -0.3 is 64.2 Å². The Balaban J connectivity index is 1.68. The van der Waals surface area contributed by atoms with Gasteiger partial charge >= 0.3 is 5.97 Å². The molecule has 2 fully saturated rings. The minimum absolute atomic E-state index is 0.0561. The van der Waals surface area contributed by atoms with Crippen molar-refractivity contribution in [2.75, 3.05) is 33.0 Å². The van der Waals surface area contributed by atoms with Crippen molar-refractivity contribution in [3.63, 3.8) is 0 Å². The van der Waals surface area contributed by atoms with Gasteiger partial charge in [0.05, 0.1) is 26.4 Å². The third kappa shape index (κ3) is 33.5. The molecule has 14 heteroatoms. The number of aliphatic hydroxyl groups is 7. The quantitative estimate of drug-likeness (QED) is 0.0172. The number of unbranched alkanes of at least 4 members (excludes halogenated alkanes) is 29. The predicted molar refractivity (Wildman–Crippen MR) is 293 cm³/mol. The molecule has 0 aromatic heterocycles. The van der Waals surface area contributed by atoms with E-state index in [9.17, 15) is 40.5 Å². The Morgan fingerprint density at radius 1 is 0.446 bits per heavy atom. The van der Waals surface area contributed by atoms with Crippen molar-refractivity contribution < 1.29 is 69.0 Å². The van der Waals surface area contributed by atoms with Crippen LogP contribution in [-0.2, 0) is 33.2 Å². The topological polar surface area (TPSA) is 214 Å². The second-order valence-corrected chi connectivity index (χ2v) is 21.2. The van der Waals surface area contributed by atoms with Crippen LogP contribution in [0.4, 0.5) is 0 Å². The van der Waals surface area contributed by atoms with E-state index in [1.807, 2.05) is 0 Å². The maximum Gasteiger partial charge on any atom is 0.306 e. The molecule has 0 aliphatic carbocycles. The van der Waals surface area contributed by atoms with Gasteiger partial charge in [-0.1, -0.05) is 204 Å². The van der Waals surface area contributed by atoms with Crippen LogP contribution in [0.15, 0.2) is 36.5 Å². The molecular formula is C60H110O14. The van der Waals surface area contributed by atoms with Crippen LogP contribution < -0.4 is 0 Å². The summed E-state index contributed by atoms with van der Waals surface area (Å²) in [6.07, 6.45) is 39.2. The first-order valence-corrected chi connectivity index (χ1v) is 30.1. The van der Waals surface area contributed by atoms with E-state index < -0.39 is 80.7 Å². The highest BCUT2D eigenvalue weighted by atomic mass is 16.7. The molecule has 2 rings (SSSR count). The fourth-order valence-electron chi connectivity index (χ4n) is 9.47. The number of hydrogen-bond acceptors (Lipinski definition) is 14. The van der Waals surface area contributed by atoms with Gasteiger partial charge in [-0.05, 0) is 64.2 Å². The summed E-state index contributed by atoms with van der Waals surface area (Å²) in [5.41, 5.74) is 0. The average Bonchev–Trinajstić information content (AvgIpc) is 3.40. The lowest BCUT2D eigenvalue weighted by Gasteiger charge is -2.42. The van der Waals surface area contributed by atoms with E-state index in [4.69, 9.17) is 28.4 Å². The fourth-order valence-corrected chi connectivity index (χ4v) is 9.47. The molecule has 2 aliphatic heterocycles. The second-order valence-electron chi connectivity index (χ2n) is 21.2. The molecule has 0 amide bonds. The lowest BCUT2D eigenvalue weighted by Crippen LogP contribution is -2.61. The summed E-state index contributed by atoms with van der Waals surface area (Å²) >= 11 is 0. The van der Waals surface area contributed by atoms with Crippen molar-refractivity contribution in [3.05, 3.63) is 36.5 Å². The molecule has 2 saturated heterocycles. The van der Waals surface area contributed by atoms with E-state index in [1.165, 1.54) is 148 Å². The molecular weight excluding hydrogens is 945 g/mol. The van der Waals surface area contributed by atoms with Crippen LogP contribution >= 0.6 is 0 Å². The van der Waals surface area contributed by atoms with Crippen molar-refractivity contribution in [1.82, 2.24) is 0 Å². The van der Waals surface area contributed by atoms with E-state index >= 15 is 0 Å². The Morgan fingerprint density at radius 2 is 0.851 bits per heavy atom. The van der Waals surface area contributed by atoms with Crippen molar-refractivity contribution in [2.45, 2.75) is 306 Å².